The Labute approximate surface area is 200 Å². The first-order valence-corrected chi connectivity index (χ1v) is 10.5. The molecule has 0 aliphatic carbocycles. The van der Waals surface area contributed by atoms with Crippen LogP contribution < -0.4 is 5.32 Å². The van der Waals surface area contributed by atoms with Crippen molar-refractivity contribution in [1.29, 1.82) is 0 Å². The molecule has 0 saturated heterocycles. The van der Waals surface area contributed by atoms with Crippen LogP contribution in [0.2, 0.25) is 0 Å². The summed E-state index contributed by atoms with van der Waals surface area (Å²) in [5, 5.41) is 6.42. The molecule has 36 heavy (non-hydrogen) atoms. The molecule has 0 fully saturated rings. The molecule has 1 aromatic heterocycles. The molecule has 1 atom stereocenters. The number of alkyl halides is 6. The topological polar surface area (TPSA) is 68.0 Å². The molecule has 4 rings (SSSR count). The number of hydrogen-bond acceptors (Lipinski definition) is 4. The van der Waals surface area contributed by atoms with Gasteiger partial charge < -0.3 is 9.84 Å². The Morgan fingerprint density at radius 3 is 2.14 bits per heavy atom. The smallest absolute Gasteiger partial charge is 0.340 e. The summed E-state index contributed by atoms with van der Waals surface area (Å²) in [6.45, 7) is 0. The Bertz CT molecular complexity index is 1330. The third-order valence-electron chi connectivity index (χ3n) is 5.25. The summed E-state index contributed by atoms with van der Waals surface area (Å²) in [5.74, 6) is -0.882. The fraction of sp³-hybridized carbons (Fsp3) is 0.160. The van der Waals surface area contributed by atoms with Gasteiger partial charge in [0.1, 0.15) is 6.04 Å². The lowest BCUT2D eigenvalue weighted by molar-refractivity contribution is -0.138. The molecular weight excluding hydrogens is 488 g/mol. The van der Waals surface area contributed by atoms with E-state index in [1.807, 2.05) is 0 Å². The number of rotatable bonds is 6. The molecule has 1 N–H and O–H groups in total. The van der Waals surface area contributed by atoms with Gasteiger partial charge in [0.25, 0.3) is 5.91 Å². The minimum Gasteiger partial charge on any atom is -0.340 e. The average Bonchev–Trinajstić information content (AvgIpc) is 3.34. The molecule has 5 nitrogen and oxygen atoms in total. The number of hydrogen-bond donors (Lipinski definition) is 1. The summed E-state index contributed by atoms with van der Waals surface area (Å²) in [4.78, 5) is 17.0. The Morgan fingerprint density at radius 2 is 1.50 bits per heavy atom. The van der Waals surface area contributed by atoms with Gasteiger partial charge in [-0.2, -0.15) is 31.3 Å². The number of halogens is 6. The van der Waals surface area contributed by atoms with Crippen LogP contribution in [0.4, 0.5) is 26.3 Å². The minimum absolute atomic E-state index is 0.0290. The highest BCUT2D eigenvalue weighted by Crippen LogP contribution is 2.32. The molecular formula is C25H17F6N3O2. The summed E-state index contributed by atoms with van der Waals surface area (Å²) in [5.41, 5.74) is -0.981. The monoisotopic (exact) mass is 505 g/mol. The van der Waals surface area contributed by atoms with Gasteiger partial charge in [-0.3, -0.25) is 4.79 Å². The third kappa shape index (κ3) is 5.91. The molecule has 4 aromatic rings. The van der Waals surface area contributed by atoms with Gasteiger partial charge in [-0.15, -0.1) is 0 Å². The minimum atomic E-state index is -4.56. The molecule has 1 heterocycles. The summed E-state index contributed by atoms with van der Waals surface area (Å²) in [7, 11) is 0. The van der Waals surface area contributed by atoms with Crippen molar-refractivity contribution in [1.82, 2.24) is 15.5 Å². The van der Waals surface area contributed by atoms with E-state index in [4.69, 9.17) is 4.52 Å². The Hall–Kier alpha value is -4.15. The maximum Gasteiger partial charge on any atom is 0.416 e. The van der Waals surface area contributed by atoms with Gasteiger partial charge in [0.15, 0.2) is 0 Å². The summed E-state index contributed by atoms with van der Waals surface area (Å²) < 4.78 is 83.0. The second-order valence-corrected chi connectivity index (χ2v) is 7.83. The number of nitrogens with zero attached hydrogens (tertiary/aromatic N) is 2. The van der Waals surface area contributed by atoms with Crippen LogP contribution in [0.5, 0.6) is 0 Å². The van der Waals surface area contributed by atoms with Crippen LogP contribution in [-0.2, 0) is 18.8 Å². The van der Waals surface area contributed by atoms with Gasteiger partial charge in [0.2, 0.25) is 11.7 Å². The second-order valence-electron chi connectivity index (χ2n) is 7.83. The van der Waals surface area contributed by atoms with E-state index < -0.39 is 35.4 Å². The highest BCUT2D eigenvalue weighted by atomic mass is 19.4. The van der Waals surface area contributed by atoms with Gasteiger partial charge in [0, 0.05) is 17.5 Å². The first-order chi connectivity index (χ1) is 17.0. The quantitative estimate of drug-likeness (QED) is 0.304. The first-order valence-electron chi connectivity index (χ1n) is 10.5. The van der Waals surface area contributed by atoms with E-state index in [9.17, 15) is 31.1 Å². The van der Waals surface area contributed by atoms with E-state index in [1.165, 1.54) is 12.1 Å². The second kappa shape index (κ2) is 9.84. The van der Waals surface area contributed by atoms with Crippen molar-refractivity contribution in [2.45, 2.75) is 24.8 Å². The zero-order valence-corrected chi connectivity index (χ0v) is 18.3. The van der Waals surface area contributed by atoms with Gasteiger partial charge in [0.05, 0.1) is 11.1 Å². The van der Waals surface area contributed by atoms with Gasteiger partial charge in [-0.05, 0) is 42.0 Å². The van der Waals surface area contributed by atoms with Crippen LogP contribution in [-0.4, -0.2) is 16.0 Å². The molecule has 0 saturated carbocycles. The molecule has 0 radical (unpaired) electrons. The van der Waals surface area contributed by atoms with Crippen LogP contribution in [0.1, 0.15) is 39.0 Å². The molecule has 0 unspecified atom stereocenters. The maximum absolute atomic E-state index is 13.1. The molecule has 11 heteroatoms. The molecule has 0 bridgehead atoms. The van der Waals surface area contributed by atoms with E-state index in [-0.39, 0.29) is 29.3 Å². The predicted molar refractivity (Wildman–Crippen MR) is 117 cm³/mol. The standard InChI is InChI=1S/C25H17F6N3O2/c26-24(27,28)18-11-9-16(10-12-18)22(35)32-20(13-15-5-2-1-3-6-15)23-33-21(34-36-23)17-7-4-8-19(14-17)25(29,30)31/h1-12,14,20H,13H2,(H,32,35)/t20-/m1/s1. The summed E-state index contributed by atoms with van der Waals surface area (Å²) >= 11 is 0. The highest BCUT2D eigenvalue weighted by Gasteiger charge is 2.32. The highest BCUT2D eigenvalue weighted by molar-refractivity contribution is 5.94. The lowest BCUT2D eigenvalue weighted by Crippen LogP contribution is -2.30. The number of amides is 1. The van der Waals surface area contributed by atoms with Crippen LogP contribution in [0.3, 0.4) is 0 Å². The Kier molecular flexibility index (Phi) is 6.82. The van der Waals surface area contributed by atoms with Crippen LogP contribution in [0.25, 0.3) is 11.4 Å². The number of carbonyl (C=O) groups is 1. The lowest BCUT2D eigenvalue weighted by Gasteiger charge is -2.16. The van der Waals surface area contributed by atoms with Crippen molar-refractivity contribution in [3.63, 3.8) is 0 Å². The van der Waals surface area contributed by atoms with Crippen molar-refractivity contribution < 1.29 is 35.7 Å². The van der Waals surface area contributed by atoms with Crippen LogP contribution in [0.15, 0.2) is 83.4 Å². The zero-order chi connectivity index (χ0) is 25.9. The number of nitrogens with one attached hydrogen (secondary N) is 1. The number of carbonyl (C=O) groups excluding carboxylic acids is 1. The lowest BCUT2D eigenvalue weighted by atomic mass is 10.0. The SMILES string of the molecule is O=C(N[C@H](Cc1ccccc1)c1nc(-c2cccc(C(F)(F)F)c2)no1)c1ccc(C(F)(F)F)cc1. The summed E-state index contributed by atoms with van der Waals surface area (Å²) in [6, 6.07) is 16.0. The van der Waals surface area contributed by atoms with Crippen LogP contribution >= 0.6 is 0 Å². The van der Waals surface area contributed by atoms with Crippen LogP contribution in [0, 0.1) is 0 Å². The van der Waals surface area contributed by atoms with Crippen molar-refractivity contribution in [3.05, 3.63) is 107 Å². The molecule has 0 aliphatic rings. The molecule has 0 spiro atoms. The molecule has 186 valence electrons. The van der Waals surface area contributed by atoms with Gasteiger partial charge in [-0.25, -0.2) is 0 Å². The Morgan fingerprint density at radius 1 is 0.833 bits per heavy atom. The van der Waals surface area contributed by atoms with Crippen molar-refractivity contribution in [2.24, 2.45) is 0 Å². The van der Waals surface area contributed by atoms with E-state index in [1.54, 1.807) is 30.3 Å². The summed E-state index contributed by atoms with van der Waals surface area (Å²) in [6.07, 6.45) is -8.93. The number of benzene rings is 3. The molecule has 1 amide bonds. The van der Waals surface area contributed by atoms with E-state index >= 15 is 0 Å². The molecule has 3 aromatic carbocycles. The zero-order valence-electron chi connectivity index (χ0n) is 18.3. The predicted octanol–water partition coefficient (Wildman–Crippen LogP) is 6.49. The fourth-order valence-corrected chi connectivity index (χ4v) is 3.43. The van der Waals surface area contributed by atoms with E-state index in [0.717, 1.165) is 42.0 Å². The van der Waals surface area contributed by atoms with Gasteiger partial charge in [-0.1, -0.05) is 47.6 Å². The largest absolute Gasteiger partial charge is 0.416 e. The van der Waals surface area contributed by atoms with Crippen molar-refractivity contribution >= 4 is 5.91 Å². The number of aromatic nitrogens is 2. The fourth-order valence-electron chi connectivity index (χ4n) is 3.43. The molecule has 0 aliphatic heterocycles. The Balaban J connectivity index is 1.61. The van der Waals surface area contributed by atoms with Crippen molar-refractivity contribution in [3.8, 4) is 11.4 Å². The maximum atomic E-state index is 13.1. The average molecular weight is 505 g/mol. The van der Waals surface area contributed by atoms with Crippen molar-refractivity contribution in [2.75, 3.05) is 0 Å². The normalized spacial score (nSPS) is 12.8. The van der Waals surface area contributed by atoms with E-state index in [2.05, 4.69) is 15.5 Å². The first kappa shape index (κ1) is 25.0. The van der Waals surface area contributed by atoms with E-state index in [0.29, 0.717) is 0 Å². The van der Waals surface area contributed by atoms with Gasteiger partial charge >= 0.3 is 12.4 Å². The third-order valence-corrected chi connectivity index (χ3v) is 5.25.